The standard InChI is InChI=1S/C10H19NO2/c1-7(2)11(4)10(3,9(12)13)8-5-6-8/h7-8H,5-6H2,1-4H3,(H,12,13). The fourth-order valence-corrected chi connectivity index (χ4v) is 1.80. The largest absolute Gasteiger partial charge is 0.480 e. The van der Waals surface area contributed by atoms with Gasteiger partial charge in [-0.25, -0.2) is 0 Å². The summed E-state index contributed by atoms with van der Waals surface area (Å²) in [6, 6.07) is 0.279. The molecule has 0 bridgehead atoms. The van der Waals surface area contributed by atoms with Crippen LogP contribution in [-0.2, 0) is 4.79 Å². The number of nitrogens with zero attached hydrogens (tertiary/aromatic N) is 1. The lowest BCUT2D eigenvalue weighted by Gasteiger charge is -2.38. The molecule has 0 saturated heterocycles. The Hall–Kier alpha value is -0.570. The van der Waals surface area contributed by atoms with Crippen molar-refractivity contribution in [3.63, 3.8) is 0 Å². The Balaban J connectivity index is 2.83. The van der Waals surface area contributed by atoms with Crippen molar-refractivity contribution in [2.24, 2.45) is 5.92 Å². The lowest BCUT2D eigenvalue weighted by molar-refractivity contribution is -0.152. The summed E-state index contributed by atoms with van der Waals surface area (Å²) < 4.78 is 0. The maximum Gasteiger partial charge on any atom is 0.324 e. The summed E-state index contributed by atoms with van der Waals surface area (Å²) in [4.78, 5) is 13.2. The van der Waals surface area contributed by atoms with E-state index in [4.69, 9.17) is 0 Å². The van der Waals surface area contributed by atoms with E-state index in [1.54, 1.807) is 0 Å². The van der Waals surface area contributed by atoms with Crippen molar-refractivity contribution >= 4 is 5.97 Å². The van der Waals surface area contributed by atoms with Crippen LogP contribution in [-0.4, -0.2) is 34.6 Å². The molecule has 0 spiro atoms. The van der Waals surface area contributed by atoms with Gasteiger partial charge in [-0.3, -0.25) is 9.69 Å². The second-order valence-corrected chi connectivity index (χ2v) is 4.43. The first-order valence-electron chi connectivity index (χ1n) is 4.87. The average Bonchev–Trinajstić information content (AvgIpc) is 2.83. The van der Waals surface area contributed by atoms with Crippen LogP contribution in [0.1, 0.15) is 33.6 Å². The minimum atomic E-state index is -0.689. The summed E-state index contributed by atoms with van der Waals surface area (Å²) in [6.07, 6.45) is 2.11. The summed E-state index contributed by atoms with van der Waals surface area (Å²) in [5.41, 5.74) is -0.659. The minimum Gasteiger partial charge on any atom is -0.480 e. The van der Waals surface area contributed by atoms with Gasteiger partial charge in [-0.15, -0.1) is 0 Å². The molecule has 0 aromatic heterocycles. The third-order valence-electron chi connectivity index (χ3n) is 3.31. The van der Waals surface area contributed by atoms with Gasteiger partial charge >= 0.3 is 5.97 Å². The third kappa shape index (κ3) is 1.70. The molecule has 0 amide bonds. The molecule has 1 atom stereocenters. The molecule has 0 heterocycles. The zero-order valence-electron chi connectivity index (χ0n) is 8.87. The molecule has 1 unspecified atom stereocenters. The number of carboxylic acid groups (broad SMARTS) is 1. The van der Waals surface area contributed by atoms with Crippen LogP contribution in [0.2, 0.25) is 0 Å². The average molecular weight is 185 g/mol. The maximum atomic E-state index is 11.2. The molecular formula is C10H19NO2. The van der Waals surface area contributed by atoms with Crippen molar-refractivity contribution < 1.29 is 9.90 Å². The van der Waals surface area contributed by atoms with E-state index in [1.165, 1.54) is 0 Å². The quantitative estimate of drug-likeness (QED) is 0.723. The zero-order valence-corrected chi connectivity index (χ0v) is 8.87. The Morgan fingerprint density at radius 1 is 1.54 bits per heavy atom. The Labute approximate surface area is 79.7 Å². The van der Waals surface area contributed by atoms with Gasteiger partial charge in [-0.1, -0.05) is 0 Å². The highest BCUT2D eigenvalue weighted by Gasteiger charge is 2.50. The molecule has 1 aliphatic rings. The van der Waals surface area contributed by atoms with Crippen molar-refractivity contribution in [1.29, 1.82) is 0 Å². The normalized spacial score (nSPS) is 22.0. The fourth-order valence-electron chi connectivity index (χ4n) is 1.80. The van der Waals surface area contributed by atoms with Crippen molar-refractivity contribution in [2.75, 3.05) is 7.05 Å². The molecule has 0 aromatic carbocycles. The number of aliphatic carboxylic acids is 1. The van der Waals surface area contributed by atoms with Crippen LogP contribution in [0.3, 0.4) is 0 Å². The molecule has 0 aliphatic heterocycles. The first-order valence-corrected chi connectivity index (χ1v) is 4.87. The SMILES string of the molecule is CC(C)N(C)C(C)(C(=O)O)C1CC1. The molecular weight excluding hydrogens is 166 g/mol. The van der Waals surface area contributed by atoms with E-state index in [0.717, 1.165) is 12.8 Å². The lowest BCUT2D eigenvalue weighted by atomic mass is 9.93. The van der Waals surface area contributed by atoms with Crippen molar-refractivity contribution in [2.45, 2.75) is 45.2 Å². The van der Waals surface area contributed by atoms with Crippen LogP contribution in [0, 0.1) is 5.92 Å². The molecule has 1 rings (SSSR count). The second-order valence-electron chi connectivity index (χ2n) is 4.43. The van der Waals surface area contributed by atoms with Crippen LogP contribution < -0.4 is 0 Å². The van der Waals surface area contributed by atoms with Gasteiger partial charge in [-0.05, 0) is 46.6 Å². The van der Waals surface area contributed by atoms with Gasteiger partial charge in [0.1, 0.15) is 5.54 Å². The molecule has 1 saturated carbocycles. The second kappa shape index (κ2) is 3.29. The Bertz CT molecular complexity index is 211. The third-order valence-corrected chi connectivity index (χ3v) is 3.31. The van der Waals surface area contributed by atoms with E-state index < -0.39 is 11.5 Å². The number of hydrogen-bond acceptors (Lipinski definition) is 2. The molecule has 1 N–H and O–H groups in total. The maximum absolute atomic E-state index is 11.2. The van der Waals surface area contributed by atoms with Gasteiger partial charge in [0, 0.05) is 6.04 Å². The Morgan fingerprint density at radius 2 is 2.00 bits per heavy atom. The van der Waals surface area contributed by atoms with Crippen LogP contribution in [0.4, 0.5) is 0 Å². The van der Waals surface area contributed by atoms with Gasteiger partial charge in [0.2, 0.25) is 0 Å². The van der Waals surface area contributed by atoms with Gasteiger partial charge in [0.05, 0.1) is 0 Å². The number of rotatable bonds is 4. The smallest absolute Gasteiger partial charge is 0.324 e. The first kappa shape index (κ1) is 10.5. The summed E-state index contributed by atoms with van der Waals surface area (Å²) in [5.74, 6) is -0.344. The van der Waals surface area contributed by atoms with E-state index in [9.17, 15) is 9.90 Å². The zero-order chi connectivity index (χ0) is 10.2. The van der Waals surface area contributed by atoms with E-state index in [-0.39, 0.29) is 6.04 Å². The highest BCUT2D eigenvalue weighted by atomic mass is 16.4. The fraction of sp³-hybridized carbons (Fsp3) is 0.900. The molecule has 1 fully saturated rings. The van der Waals surface area contributed by atoms with Gasteiger partial charge in [0.25, 0.3) is 0 Å². The monoisotopic (exact) mass is 185 g/mol. The lowest BCUT2D eigenvalue weighted by Crippen LogP contribution is -2.54. The highest BCUT2D eigenvalue weighted by Crippen LogP contribution is 2.43. The summed E-state index contributed by atoms with van der Waals surface area (Å²) in [5, 5.41) is 9.22. The van der Waals surface area contributed by atoms with Crippen molar-refractivity contribution in [1.82, 2.24) is 4.90 Å². The number of carbonyl (C=O) groups is 1. The first-order chi connectivity index (χ1) is 5.90. The van der Waals surface area contributed by atoms with Crippen molar-refractivity contribution in [3.8, 4) is 0 Å². The van der Waals surface area contributed by atoms with E-state index in [0.29, 0.717) is 5.92 Å². The highest BCUT2D eigenvalue weighted by molar-refractivity contribution is 5.79. The van der Waals surface area contributed by atoms with E-state index >= 15 is 0 Å². The van der Waals surface area contributed by atoms with Crippen molar-refractivity contribution in [3.05, 3.63) is 0 Å². The molecule has 3 heteroatoms. The van der Waals surface area contributed by atoms with Crippen LogP contribution in [0.5, 0.6) is 0 Å². The van der Waals surface area contributed by atoms with Crippen LogP contribution in [0.25, 0.3) is 0 Å². The van der Waals surface area contributed by atoms with Gasteiger partial charge in [-0.2, -0.15) is 0 Å². The van der Waals surface area contributed by atoms with E-state index in [1.807, 2.05) is 32.7 Å². The molecule has 0 aromatic rings. The molecule has 13 heavy (non-hydrogen) atoms. The minimum absolute atomic E-state index is 0.279. The topological polar surface area (TPSA) is 40.5 Å². The van der Waals surface area contributed by atoms with E-state index in [2.05, 4.69) is 0 Å². The Morgan fingerprint density at radius 3 is 2.23 bits per heavy atom. The summed E-state index contributed by atoms with van der Waals surface area (Å²) >= 11 is 0. The summed E-state index contributed by atoms with van der Waals surface area (Å²) in [7, 11) is 1.90. The predicted octanol–water partition coefficient (Wildman–Crippen LogP) is 1.58. The number of hydrogen-bond donors (Lipinski definition) is 1. The number of likely N-dealkylation sites (N-methyl/N-ethyl adjacent to an activating group) is 1. The van der Waals surface area contributed by atoms with Gasteiger partial charge in [0.15, 0.2) is 0 Å². The Kier molecular flexibility index (Phi) is 2.66. The number of carboxylic acids is 1. The molecule has 76 valence electrons. The summed E-state index contributed by atoms with van der Waals surface area (Å²) in [6.45, 7) is 5.90. The van der Waals surface area contributed by atoms with Crippen LogP contribution >= 0.6 is 0 Å². The van der Waals surface area contributed by atoms with Gasteiger partial charge < -0.3 is 5.11 Å². The molecule has 3 nitrogen and oxygen atoms in total. The molecule has 0 radical (unpaired) electrons. The van der Waals surface area contributed by atoms with Crippen LogP contribution in [0.15, 0.2) is 0 Å². The molecule has 1 aliphatic carbocycles. The predicted molar refractivity (Wildman–Crippen MR) is 51.7 cm³/mol.